The first-order valence-corrected chi connectivity index (χ1v) is 13.3. The first-order valence-electron chi connectivity index (χ1n) is 13.3. The van der Waals surface area contributed by atoms with Crippen LogP contribution in [0.4, 0.5) is 0 Å². The Hall–Kier alpha value is -0.0800. The molecule has 0 fully saturated rings. The molecule has 0 aliphatic carbocycles. The van der Waals surface area contributed by atoms with Crippen LogP contribution in [-0.4, -0.2) is 11.2 Å². The van der Waals surface area contributed by atoms with Crippen LogP contribution < -0.4 is 0 Å². The Morgan fingerprint density at radius 2 is 0.500 bits per heavy atom. The summed E-state index contributed by atoms with van der Waals surface area (Å²) in [6, 6.07) is 0. The zero-order valence-electron chi connectivity index (χ0n) is 25.6. The van der Waals surface area contributed by atoms with Crippen LogP contribution in [0.25, 0.3) is 0 Å². The van der Waals surface area contributed by atoms with Gasteiger partial charge in [-0.1, -0.05) is 125 Å². The van der Waals surface area contributed by atoms with Crippen molar-refractivity contribution >= 4 is 0 Å². The molecule has 0 radical (unpaired) electrons. The van der Waals surface area contributed by atoms with Gasteiger partial charge in [0.25, 0.3) is 0 Å². The second kappa shape index (κ2) is 9.52. The number of hydrogen-bond donors (Lipinski definition) is 0. The average molecular weight is 455 g/mol. The molecular weight excluding hydrogens is 392 g/mol. The second-order valence-electron chi connectivity index (χ2n) is 14.8. The third-order valence-electron chi connectivity index (χ3n) is 10.5. The van der Waals surface area contributed by atoms with E-state index >= 15 is 0 Å². The van der Waals surface area contributed by atoms with E-state index in [9.17, 15) is 0 Å². The van der Waals surface area contributed by atoms with Crippen LogP contribution in [0.5, 0.6) is 0 Å². The van der Waals surface area contributed by atoms with Crippen LogP contribution in [0, 0.1) is 32.5 Å². The Morgan fingerprint density at radius 1 is 0.344 bits per heavy atom. The van der Waals surface area contributed by atoms with Gasteiger partial charge in [0, 0.05) is 10.8 Å². The summed E-state index contributed by atoms with van der Waals surface area (Å²) >= 11 is 0. The summed E-state index contributed by atoms with van der Waals surface area (Å²) in [5.74, 6) is 0. The summed E-state index contributed by atoms with van der Waals surface area (Å²) in [5.41, 5.74) is -0.838. The lowest BCUT2D eigenvalue weighted by Gasteiger charge is -2.64. The molecule has 0 unspecified atom stereocenters. The number of rotatable bonds is 9. The van der Waals surface area contributed by atoms with Gasteiger partial charge in [-0.05, 0) is 47.3 Å². The molecule has 0 saturated carbocycles. The van der Waals surface area contributed by atoms with Gasteiger partial charge in [-0.2, -0.15) is 0 Å². The lowest BCUT2D eigenvalue weighted by atomic mass is 9.47. The smallest absolute Gasteiger partial charge is 0.109 e. The van der Waals surface area contributed by atoms with Crippen molar-refractivity contribution < 1.29 is 9.78 Å². The standard InChI is InChI=1S/C30H62O2/c1-19-29(20-2,27(17,23(5,6)7)24(8,9)10)31-32-30(21-3,22-4)28(18,25(11,12)13)26(14,15)16/h19-22H2,1-18H3. The molecule has 0 aromatic heterocycles. The fourth-order valence-electron chi connectivity index (χ4n) is 7.46. The van der Waals surface area contributed by atoms with Gasteiger partial charge < -0.3 is 0 Å². The third kappa shape index (κ3) is 4.71. The zero-order valence-corrected chi connectivity index (χ0v) is 25.6. The van der Waals surface area contributed by atoms with Crippen molar-refractivity contribution in [2.24, 2.45) is 32.5 Å². The van der Waals surface area contributed by atoms with Gasteiger partial charge in [-0.15, -0.1) is 0 Å². The van der Waals surface area contributed by atoms with Crippen molar-refractivity contribution in [1.29, 1.82) is 0 Å². The molecule has 2 nitrogen and oxygen atoms in total. The van der Waals surface area contributed by atoms with E-state index in [2.05, 4.69) is 125 Å². The molecule has 0 aliphatic rings. The molecule has 194 valence electrons. The quantitative estimate of drug-likeness (QED) is 0.255. The minimum atomic E-state index is -0.393. The Morgan fingerprint density at radius 3 is 0.594 bits per heavy atom. The maximum Gasteiger partial charge on any atom is 0.109 e. The molecular formula is C30H62O2. The van der Waals surface area contributed by atoms with Gasteiger partial charge in [-0.25, -0.2) is 9.78 Å². The van der Waals surface area contributed by atoms with Crippen molar-refractivity contribution in [3.63, 3.8) is 0 Å². The Balaban J connectivity index is 6.92. The first kappa shape index (κ1) is 31.9. The highest BCUT2D eigenvalue weighted by molar-refractivity contribution is 5.10. The molecule has 0 spiro atoms. The molecule has 2 heteroatoms. The first-order chi connectivity index (χ1) is 13.9. The van der Waals surface area contributed by atoms with Gasteiger partial charge in [0.2, 0.25) is 0 Å². The van der Waals surface area contributed by atoms with Crippen LogP contribution in [0.3, 0.4) is 0 Å². The molecule has 0 N–H and O–H groups in total. The summed E-state index contributed by atoms with van der Waals surface area (Å²) in [4.78, 5) is 13.9. The molecule has 0 rings (SSSR count). The lowest BCUT2D eigenvalue weighted by molar-refractivity contribution is -0.473. The summed E-state index contributed by atoms with van der Waals surface area (Å²) in [6.45, 7) is 42.3. The van der Waals surface area contributed by atoms with E-state index in [1.165, 1.54) is 0 Å². The minimum Gasteiger partial charge on any atom is -0.229 e. The highest BCUT2D eigenvalue weighted by atomic mass is 17.2. The fourth-order valence-corrected chi connectivity index (χ4v) is 7.46. The van der Waals surface area contributed by atoms with Crippen LogP contribution >= 0.6 is 0 Å². The van der Waals surface area contributed by atoms with Crippen LogP contribution in [0.15, 0.2) is 0 Å². The summed E-state index contributed by atoms with van der Waals surface area (Å²) in [6.07, 6.45) is 3.67. The van der Waals surface area contributed by atoms with E-state index in [-0.39, 0.29) is 32.5 Å². The monoisotopic (exact) mass is 454 g/mol. The molecule has 32 heavy (non-hydrogen) atoms. The predicted octanol–water partition coefficient (Wildman–Crippen LogP) is 10.2. The number of hydrogen-bond acceptors (Lipinski definition) is 2. The molecule has 0 aliphatic heterocycles. The minimum absolute atomic E-state index is 0.0408. The third-order valence-corrected chi connectivity index (χ3v) is 10.5. The van der Waals surface area contributed by atoms with E-state index < -0.39 is 11.2 Å². The van der Waals surface area contributed by atoms with E-state index in [0.717, 1.165) is 25.7 Å². The van der Waals surface area contributed by atoms with Crippen molar-refractivity contribution in [1.82, 2.24) is 0 Å². The van der Waals surface area contributed by atoms with Gasteiger partial charge in [-0.3, -0.25) is 0 Å². The van der Waals surface area contributed by atoms with Crippen molar-refractivity contribution in [3.8, 4) is 0 Å². The van der Waals surface area contributed by atoms with Crippen molar-refractivity contribution in [3.05, 3.63) is 0 Å². The van der Waals surface area contributed by atoms with E-state index in [4.69, 9.17) is 9.78 Å². The van der Waals surface area contributed by atoms with Crippen LogP contribution in [0.1, 0.15) is 150 Å². The summed E-state index contributed by atoms with van der Waals surface area (Å²) < 4.78 is 0. The van der Waals surface area contributed by atoms with Crippen molar-refractivity contribution in [2.75, 3.05) is 0 Å². The maximum atomic E-state index is 6.93. The molecule has 0 aromatic carbocycles. The van der Waals surface area contributed by atoms with Gasteiger partial charge in [0.1, 0.15) is 11.2 Å². The second-order valence-corrected chi connectivity index (χ2v) is 14.8. The van der Waals surface area contributed by atoms with E-state index in [1.807, 2.05) is 0 Å². The largest absolute Gasteiger partial charge is 0.229 e. The molecule has 0 amide bonds. The summed E-state index contributed by atoms with van der Waals surface area (Å²) in [7, 11) is 0. The van der Waals surface area contributed by atoms with Gasteiger partial charge in [0.15, 0.2) is 0 Å². The van der Waals surface area contributed by atoms with E-state index in [0.29, 0.717) is 0 Å². The SMILES string of the molecule is CCC(CC)(OOC(CC)(CC)C(C)(C(C)(C)C)C(C)(C)C)C(C)(C(C)(C)C)C(C)(C)C. The predicted molar refractivity (Wildman–Crippen MR) is 143 cm³/mol. The molecule has 0 aromatic rings. The van der Waals surface area contributed by atoms with E-state index in [1.54, 1.807) is 0 Å². The highest BCUT2D eigenvalue weighted by Gasteiger charge is 2.64. The Labute approximate surface area is 203 Å². The molecule has 0 saturated heterocycles. The van der Waals surface area contributed by atoms with Crippen molar-refractivity contribution in [2.45, 2.75) is 162 Å². The topological polar surface area (TPSA) is 18.5 Å². The van der Waals surface area contributed by atoms with Crippen LogP contribution in [-0.2, 0) is 9.78 Å². The Kier molecular flexibility index (Phi) is 9.50. The zero-order chi connectivity index (χ0) is 26.2. The molecule has 0 bridgehead atoms. The Bertz CT molecular complexity index is 496. The summed E-state index contributed by atoms with van der Waals surface area (Å²) in [5, 5.41) is 0. The fraction of sp³-hybridized carbons (Fsp3) is 1.00. The van der Waals surface area contributed by atoms with Gasteiger partial charge in [0.05, 0.1) is 0 Å². The normalized spacial score (nSPS) is 15.9. The molecule has 0 heterocycles. The maximum absolute atomic E-state index is 6.93. The van der Waals surface area contributed by atoms with Gasteiger partial charge >= 0.3 is 0 Å². The van der Waals surface area contributed by atoms with Crippen LogP contribution in [0.2, 0.25) is 0 Å². The lowest BCUT2D eigenvalue weighted by Crippen LogP contribution is -2.64. The molecule has 0 atom stereocenters. The average Bonchev–Trinajstić information content (AvgIpc) is 2.61. The highest BCUT2D eigenvalue weighted by Crippen LogP contribution is 2.64.